The molecule has 0 saturated carbocycles. The van der Waals surface area contributed by atoms with E-state index in [0.29, 0.717) is 5.70 Å². The molecule has 0 rings (SSSR count). The molecule has 0 radical (unpaired) electrons. The van der Waals surface area contributed by atoms with Gasteiger partial charge in [0.05, 0.1) is 5.70 Å². The summed E-state index contributed by atoms with van der Waals surface area (Å²) in [6, 6.07) is 0. The van der Waals surface area contributed by atoms with E-state index >= 15 is 0 Å². The molecule has 3 heteroatoms. The monoisotopic (exact) mass is 258 g/mol. The molecule has 0 atom stereocenters. The summed E-state index contributed by atoms with van der Waals surface area (Å²) in [6.45, 7) is 14.4. The van der Waals surface area contributed by atoms with Crippen LogP contribution < -0.4 is 10.9 Å². The number of allylic oxidation sites excluding steroid dienone is 9. The fourth-order valence-electron chi connectivity index (χ4n) is 1.04. The highest BCUT2D eigenvalue weighted by atomic mass is 19.2. The van der Waals surface area contributed by atoms with Gasteiger partial charge in [-0.25, -0.2) is 5.54 Å². The first-order chi connectivity index (χ1) is 9.21. The molecular weight excluding hydrogens is 239 g/mol. The number of halogens is 1. The highest BCUT2D eigenvalue weighted by molar-refractivity contribution is 5.32. The molecule has 0 spiro atoms. The van der Waals surface area contributed by atoms with Gasteiger partial charge in [-0.3, -0.25) is 0 Å². The van der Waals surface area contributed by atoms with Gasteiger partial charge in [0.2, 0.25) is 0 Å². The number of hydrogen-bond donors (Lipinski definition) is 2. The summed E-state index contributed by atoms with van der Waals surface area (Å²) < 4.78 is 12.2. The molecule has 0 heterocycles. The van der Waals surface area contributed by atoms with E-state index in [9.17, 15) is 4.48 Å². The van der Waals surface area contributed by atoms with Crippen molar-refractivity contribution < 1.29 is 4.48 Å². The van der Waals surface area contributed by atoms with Crippen LogP contribution in [0.3, 0.4) is 0 Å². The third kappa shape index (κ3) is 7.39. The van der Waals surface area contributed by atoms with Gasteiger partial charge in [0.25, 0.3) is 0 Å². The summed E-state index contributed by atoms with van der Waals surface area (Å²) >= 11 is 0. The second-order valence-corrected chi connectivity index (χ2v) is 3.32. The van der Waals surface area contributed by atoms with Gasteiger partial charge in [-0.05, 0) is 36.5 Å². The van der Waals surface area contributed by atoms with E-state index in [1.165, 1.54) is 17.7 Å². The normalized spacial score (nSPS) is 13.0. The van der Waals surface area contributed by atoms with Gasteiger partial charge in [0.1, 0.15) is 0 Å². The average Bonchev–Trinajstić information content (AvgIpc) is 2.45. The van der Waals surface area contributed by atoms with Crippen molar-refractivity contribution in [1.82, 2.24) is 10.9 Å². The Morgan fingerprint density at radius 1 is 0.737 bits per heavy atom. The van der Waals surface area contributed by atoms with Crippen LogP contribution in [-0.4, -0.2) is 0 Å². The van der Waals surface area contributed by atoms with Crippen LogP contribution in [0.5, 0.6) is 0 Å². The number of nitrogens with one attached hydrogen (secondary N) is 2. The third-order valence-corrected chi connectivity index (χ3v) is 2.02. The van der Waals surface area contributed by atoms with Crippen molar-refractivity contribution >= 4 is 0 Å². The molecule has 0 aromatic heterocycles. The van der Waals surface area contributed by atoms with Gasteiger partial charge in [-0.15, -0.1) is 4.48 Å². The molecule has 0 aliphatic carbocycles. The largest absolute Gasteiger partial charge is 0.356 e. The SMILES string of the molecule is C=C/C=C\C=C(/C=C)N/C(C=C)=C/C=C(\C=C)NF. The third-order valence-electron chi connectivity index (χ3n) is 2.02. The van der Waals surface area contributed by atoms with Crippen LogP contribution in [-0.2, 0) is 0 Å². The Hall–Kier alpha value is -2.55. The molecule has 0 unspecified atom stereocenters. The van der Waals surface area contributed by atoms with Crippen molar-refractivity contribution in [2.24, 2.45) is 0 Å². The molecular formula is C16H19FN2. The molecule has 100 valence electrons. The Bertz CT molecular complexity index is 451. The number of hydrogen-bond acceptors (Lipinski definition) is 2. The van der Waals surface area contributed by atoms with Gasteiger partial charge in [0, 0.05) is 11.4 Å². The molecule has 0 aliphatic rings. The Kier molecular flexibility index (Phi) is 9.17. The molecule has 0 saturated heterocycles. The fraction of sp³-hybridized carbons (Fsp3) is 0. The standard InChI is InChI=1S/C16H19FN2/c1-5-9-10-11-14(6-2)18-15(7-3)12-13-16(8-4)19-17/h5-13,18-19H,1-4H2/b10-9-,14-11+,15-12+,16-13+. The van der Waals surface area contributed by atoms with Crippen molar-refractivity contribution in [3.63, 3.8) is 0 Å². The Morgan fingerprint density at radius 2 is 1.26 bits per heavy atom. The van der Waals surface area contributed by atoms with Crippen molar-refractivity contribution in [2.45, 2.75) is 0 Å². The summed E-state index contributed by atoms with van der Waals surface area (Å²) in [5, 5.41) is 3.09. The first kappa shape index (κ1) is 16.4. The smallest absolute Gasteiger partial charge is 0.0650 e. The maximum absolute atomic E-state index is 12.2. The van der Waals surface area contributed by atoms with Crippen LogP contribution in [0, 0.1) is 0 Å². The molecule has 2 N–H and O–H groups in total. The minimum atomic E-state index is 0.261. The Morgan fingerprint density at radius 3 is 1.74 bits per heavy atom. The van der Waals surface area contributed by atoms with Crippen molar-refractivity contribution in [1.29, 1.82) is 0 Å². The minimum absolute atomic E-state index is 0.261. The number of rotatable bonds is 9. The van der Waals surface area contributed by atoms with E-state index in [1.807, 2.05) is 12.2 Å². The van der Waals surface area contributed by atoms with Gasteiger partial charge in [-0.1, -0.05) is 44.5 Å². The molecule has 19 heavy (non-hydrogen) atoms. The summed E-state index contributed by atoms with van der Waals surface area (Å²) in [7, 11) is 0. The maximum Gasteiger partial charge on any atom is 0.0650 e. The fourth-order valence-corrected chi connectivity index (χ4v) is 1.04. The summed E-state index contributed by atoms with van der Waals surface area (Å²) in [5.74, 6) is 0. The predicted molar refractivity (Wildman–Crippen MR) is 81.6 cm³/mol. The van der Waals surface area contributed by atoms with Crippen LogP contribution in [0.1, 0.15) is 0 Å². The van der Waals surface area contributed by atoms with Crippen LogP contribution in [0.15, 0.2) is 98.1 Å². The van der Waals surface area contributed by atoms with Crippen LogP contribution in [0.2, 0.25) is 0 Å². The van der Waals surface area contributed by atoms with Crippen LogP contribution in [0.4, 0.5) is 4.48 Å². The second-order valence-electron chi connectivity index (χ2n) is 3.32. The first-order valence-electron chi connectivity index (χ1n) is 5.64. The van der Waals surface area contributed by atoms with Crippen LogP contribution in [0.25, 0.3) is 0 Å². The highest BCUT2D eigenvalue weighted by Gasteiger charge is 1.93. The zero-order chi connectivity index (χ0) is 14.5. The molecule has 0 bridgehead atoms. The zero-order valence-electron chi connectivity index (χ0n) is 10.9. The first-order valence-corrected chi connectivity index (χ1v) is 5.64. The molecule has 0 aliphatic heterocycles. The molecule has 0 aromatic rings. The highest BCUT2D eigenvalue weighted by Crippen LogP contribution is 2.01. The topological polar surface area (TPSA) is 24.1 Å². The molecule has 0 amide bonds. The van der Waals surface area contributed by atoms with E-state index in [1.54, 1.807) is 30.4 Å². The Balaban J connectivity index is 4.97. The minimum Gasteiger partial charge on any atom is -0.356 e. The maximum atomic E-state index is 12.2. The lowest BCUT2D eigenvalue weighted by Gasteiger charge is -2.06. The summed E-state index contributed by atoms with van der Waals surface area (Å²) in [4.78, 5) is 0. The van der Waals surface area contributed by atoms with Crippen molar-refractivity contribution in [3.05, 3.63) is 98.1 Å². The van der Waals surface area contributed by atoms with Crippen molar-refractivity contribution in [2.75, 3.05) is 0 Å². The zero-order valence-corrected chi connectivity index (χ0v) is 10.9. The van der Waals surface area contributed by atoms with Gasteiger partial charge in [-0.2, -0.15) is 0 Å². The summed E-state index contributed by atoms with van der Waals surface area (Å²) in [5.41, 5.74) is 3.27. The van der Waals surface area contributed by atoms with Gasteiger partial charge in [0.15, 0.2) is 0 Å². The van der Waals surface area contributed by atoms with Crippen LogP contribution >= 0.6 is 0 Å². The van der Waals surface area contributed by atoms with E-state index in [2.05, 4.69) is 31.6 Å². The van der Waals surface area contributed by atoms with E-state index < -0.39 is 0 Å². The lowest BCUT2D eigenvalue weighted by atomic mass is 10.3. The molecule has 0 fully saturated rings. The molecule has 2 nitrogen and oxygen atoms in total. The lowest BCUT2D eigenvalue weighted by molar-refractivity contribution is 0.392. The quantitative estimate of drug-likeness (QED) is 0.482. The average molecular weight is 258 g/mol. The lowest BCUT2D eigenvalue weighted by Crippen LogP contribution is -2.09. The Labute approximate surface area is 114 Å². The predicted octanol–water partition coefficient (Wildman–Crippen LogP) is 4.00. The van der Waals surface area contributed by atoms with Crippen molar-refractivity contribution in [3.8, 4) is 0 Å². The molecule has 0 aromatic carbocycles. The van der Waals surface area contributed by atoms with E-state index in [-0.39, 0.29) is 5.70 Å². The van der Waals surface area contributed by atoms with E-state index in [4.69, 9.17) is 0 Å². The summed E-state index contributed by atoms with van der Waals surface area (Å²) in [6.07, 6.45) is 15.0. The second kappa shape index (κ2) is 10.6. The van der Waals surface area contributed by atoms with E-state index in [0.717, 1.165) is 5.70 Å². The van der Waals surface area contributed by atoms with Gasteiger partial charge < -0.3 is 5.32 Å². The van der Waals surface area contributed by atoms with Gasteiger partial charge >= 0.3 is 0 Å².